The van der Waals surface area contributed by atoms with Crippen molar-refractivity contribution in [2.24, 2.45) is 11.8 Å². The van der Waals surface area contributed by atoms with E-state index >= 15 is 0 Å². The van der Waals surface area contributed by atoms with Crippen molar-refractivity contribution in [2.75, 3.05) is 0 Å². The number of rotatable bonds is 3. The lowest BCUT2D eigenvalue weighted by molar-refractivity contribution is 0.405. The molecule has 2 rings (SSSR count). The summed E-state index contributed by atoms with van der Waals surface area (Å²) in [6.07, 6.45) is 7.47. The molecule has 0 N–H and O–H groups in total. The molecule has 0 saturated heterocycles. The molecule has 2 nitrogen and oxygen atoms in total. The topological polar surface area (TPSA) is 17.8 Å². The highest BCUT2D eigenvalue weighted by molar-refractivity contribution is 6.20. The molecule has 15 heavy (non-hydrogen) atoms. The van der Waals surface area contributed by atoms with E-state index in [1.807, 2.05) is 6.20 Å². The Morgan fingerprint density at radius 3 is 2.93 bits per heavy atom. The average molecular weight is 227 g/mol. The zero-order valence-electron chi connectivity index (χ0n) is 9.49. The second-order valence-corrected chi connectivity index (χ2v) is 5.11. The zero-order chi connectivity index (χ0) is 10.8. The molecule has 1 heterocycles. The fourth-order valence-corrected chi connectivity index (χ4v) is 2.87. The van der Waals surface area contributed by atoms with Gasteiger partial charge in [-0.3, -0.25) is 0 Å². The summed E-state index contributed by atoms with van der Waals surface area (Å²) in [6, 6.07) is 0. The van der Waals surface area contributed by atoms with Crippen LogP contribution < -0.4 is 0 Å². The predicted molar refractivity (Wildman–Crippen MR) is 63.1 cm³/mol. The molecule has 1 saturated carbocycles. The highest BCUT2D eigenvalue weighted by Crippen LogP contribution is 2.37. The maximum absolute atomic E-state index is 6.24. The van der Waals surface area contributed by atoms with E-state index in [0.717, 1.165) is 18.9 Å². The lowest BCUT2D eigenvalue weighted by atomic mass is 9.94. The van der Waals surface area contributed by atoms with Crippen LogP contribution in [0.3, 0.4) is 0 Å². The minimum absolute atomic E-state index is 0.375. The van der Waals surface area contributed by atoms with Gasteiger partial charge < -0.3 is 4.57 Å². The molecule has 0 aromatic carbocycles. The first-order valence-corrected chi connectivity index (χ1v) is 6.30. The molecule has 0 aliphatic heterocycles. The number of hydrogen-bond donors (Lipinski definition) is 0. The van der Waals surface area contributed by atoms with Gasteiger partial charge in [-0.1, -0.05) is 6.92 Å². The van der Waals surface area contributed by atoms with Crippen LogP contribution in [-0.4, -0.2) is 14.9 Å². The first-order valence-electron chi connectivity index (χ1n) is 5.86. The maximum Gasteiger partial charge on any atom is 0.108 e. The van der Waals surface area contributed by atoms with Crippen LogP contribution in [0.15, 0.2) is 12.4 Å². The lowest BCUT2D eigenvalue weighted by Gasteiger charge is -2.17. The number of aryl methyl sites for hydroxylation is 1. The molecule has 0 bridgehead atoms. The van der Waals surface area contributed by atoms with Gasteiger partial charge in [-0.15, -0.1) is 11.6 Å². The molecule has 1 fully saturated rings. The van der Waals surface area contributed by atoms with Gasteiger partial charge in [-0.25, -0.2) is 4.98 Å². The number of alkyl halides is 1. The van der Waals surface area contributed by atoms with Gasteiger partial charge in [0.2, 0.25) is 0 Å². The van der Waals surface area contributed by atoms with E-state index in [1.54, 1.807) is 0 Å². The minimum atomic E-state index is 0.375. The Kier molecular flexibility index (Phi) is 3.35. The van der Waals surface area contributed by atoms with Crippen molar-refractivity contribution < 1.29 is 0 Å². The lowest BCUT2D eigenvalue weighted by Crippen LogP contribution is -2.15. The third kappa shape index (κ3) is 2.20. The highest BCUT2D eigenvalue weighted by atomic mass is 35.5. The van der Waals surface area contributed by atoms with Crippen molar-refractivity contribution in [2.45, 2.75) is 45.0 Å². The number of nitrogens with zero attached hydrogens (tertiary/aromatic N) is 2. The van der Waals surface area contributed by atoms with Crippen molar-refractivity contribution in [3.8, 4) is 0 Å². The molecular formula is C12H19ClN2. The van der Waals surface area contributed by atoms with E-state index in [9.17, 15) is 0 Å². The van der Waals surface area contributed by atoms with Gasteiger partial charge in [0.25, 0.3) is 0 Å². The number of hydrogen-bond acceptors (Lipinski definition) is 1. The van der Waals surface area contributed by atoms with E-state index in [0.29, 0.717) is 11.3 Å². The zero-order valence-corrected chi connectivity index (χ0v) is 10.2. The third-order valence-electron chi connectivity index (χ3n) is 3.71. The first-order chi connectivity index (χ1) is 7.22. The standard InChI is InChI=1S/C12H19ClN2/c1-3-15-7-6-14-12(15)8-10-4-5-11(13)9(10)2/h6-7,9-11H,3-5,8H2,1-2H3. The van der Waals surface area contributed by atoms with E-state index in [2.05, 4.69) is 29.6 Å². The predicted octanol–water partition coefficient (Wildman–Crippen LogP) is 3.10. The Labute approximate surface area is 96.7 Å². The molecule has 0 radical (unpaired) electrons. The summed E-state index contributed by atoms with van der Waals surface area (Å²) in [5.41, 5.74) is 0. The Hall–Kier alpha value is -0.500. The Balaban J connectivity index is 2.03. The monoisotopic (exact) mass is 226 g/mol. The van der Waals surface area contributed by atoms with Gasteiger partial charge in [0.05, 0.1) is 0 Å². The number of imidazole rings is 1. The minimum Gasteiger partial charge on any atom is -0.335 e. The molecule has 3 heteroatoms. The summed E-state index contributed by atoms with van der Waals surface area (Å²) < 4.78 is 2.23. The second kappa shape index (κ2) is 4.56. The summed E-state index contributed by atoms with van der Waals surface area (Å²) in [5, 5.41) is 0.375. The molecule has 1 aromatic heterocycles. The van der Waals surface area contributed by atoms with E-state index in [4.69, 9.17) is 11.6 Å². The molecule has 3 atom stereocenters. The van der Waals surface area contributed by atoms with Gasteiger partial charge in [-0.05, 0) is 31.6 Å². The largest absolute Gasteiger partial charge is 0.335 e. The fourth-order valence-electron chi connectivity index (χ4n) is 2.53. The normalized spacial score (nSPS) is 31.0. The van der Waals surface area contributed by atoms with Crippen LogP contribution in [0.5, 0.6) is 0 Å². The smallest absolute Gasteiger partial charge is 0.108 e. The van der Waals surface area contributed by atoms with Crippen molar-refractivity contribution in [1.82, 2.24) is 9.55 Å². The van der Waals surface area contributed by atoms with Crippen LogP contribution in [0, 0.1) is 11.8 Å². The third-order valence-corrected chi connectivity index (χ3v) is 4.33. The van der Waals surface area contributed by atoms with Crippen molar-refractivity contribution in [3.63, 3.8) is 0 Å². The Bertz CT molecular complexity index is 321. The summed E-state index contributed by atoms with van der Waals surface area (Å²) in [7, 11) is 0. The second-order valence-electron chi connectivity index (χ2n) is 4.55. The van der Waals surface area contributed by atoms with Gasteiger partial charge in [-0.2, -0.15) is 0 Å². The molecule has 0 spiro atoms. The van der Waals surface area contributed by atoms with Crippen LogP contribution >= 0.6 is 11.6 Å². The summed E-state index contributed by atoms with van der Waals surface area (Å²) >= 11 is 6.24. The first kappa shape index (κ1) is 11.0. The summed E-state index contributed by atoms with van der Waals surface area (Å²) in [5.74, 6) is 2.58. The maximum atomic E-state index is 6.24. The van der Waals surface area contributed by atoms with E-state index < -0.39 is 0 Å². The summed E-state index contributed by atoms with van der Waals surface area (Å²) in [6.45, 7) is 5.45. The van der Waals surface area contributed by atoms with E-state index in [-0.39, 0.29) is 0 Å². The molecule has 0 amide bonds. The Morgan fingerprint density at radius 1 is 1.53 bits per heavy atom. The fraction of sp³-hybridized carbons (Fsp3) is 0.750. The van der Waals surface area contributed by atoms with Crippen LogP contribution in [0.1, 0.15) is 32.5 Å². The van der Waals surface area contributed by atoms with Gasteiger partial charge in [0, 0.05) is 30.7 Å². The van der Waals surface area contributed by atoms with Gasteiger partial charge >= 0.3 is 0 Å². The molecule has 1 aromatic rings. The van der Waals surface area contributed by atoms with Crippen LogP contribution in [-0.2, 0) is 13.0 Å². The summed E-state index contributed by atoms with van der Waals surface area (Å²) in [4.78, 5) is 4.43. The van der Waals surface area contributed by atoms with Crippen molar-refractivity contribution in [3.05, 3.63) is 18.2 Å². The molecule has 1 aliphatic rings. The van der Waals surface area contributed by atoms with Crippen LogP contribution in [0.2, 0.25) is 0 Å². The SMILES string of the molecule is CCn1ccnc1CC1CCC(Cl)C1C. The van der Waals surface area contributed by atoms with E-state index in [1.165, 1.54) is 18.7 Å². The van der Waals surface area contributed by atoms with Crippen molar-refractivity contribution in [1.29, 1.82) is 0 Å². The average Bonchev–Trinajstić information content (AvgIpc) is 2.80. The molecule has 84 valence electrons. The highest BCUT2D eigenvalue weighted by Gasteiger charge is 2.31. The molecule has 3 unspecified atom stereocenters. The van der Waals surface area contributed by atoms with Crippen LogP contribution in [0.4, 0.5) is 0 Å². The van der Waals surface area contributed by atoms with Gasteiger partial charge in [0.1, 0.15) is 5.82 Å². The molecule has 1 aliphatic carbocycles. The number of halogens is 1. The van der Waals surface area contributed by atoms with Crippen molar-refractivity contribution >= 4 is 11.6 Å². The van der Waals surface area contributed by atoms with Gasteiger partial charge in [0.15, 0.2) is 0 Å². The molecular weight excluding hydrogens is 208 g/mol. The Morgan fingerprint density at radius 2 is 2.33 bits per heavy atom. The number of aromatic nitrogens is 2. The quantitative estimate of drug-likeness (QED) is 0.725. The van der Waals surface area contributed by atoms with Crippen LogP contribution in [0.25, 0.3) is 0 Å².